The molecule has 1 rings (SSSR count). The maximum absolute atomic E-state index is 10.9. The average molecular weight is 140 g/mol. The molecule has 1 aromatic rings. The molecule has 5 nitrogen and oxygen atoms in total. The highest BCUT2D eigenvalue weighted by Crippen LogP contribution is 1.84. The van der Waals surface area contributed by atoms with Gasteiger partial charge >= 0.3 is 0 Å². The van der Waals surface area contributed by atoms with E-state index in [0.717, 1.165) is 4.68 Å². The molecule has 5 heteroatoms. The summed E-state index contributed by atoms with van der Waals surface area (Å²) in [4.78, 5) is 14.5. The molecule has 0 aliphatic carbocycles. The summed E-state index contributed by atoms with van der Waals surface area (Å²) in [5, 5.41) is 3.61. The van der Waals surface area contributed by atoms with Crippen LogP contribution in [0.2, 0.25) is 0 Å². The quantitative estimate of drug-likeness (QED) is 0.557. The highest BCUT2D eigenvalue weighted by molar-refractivity contribution is 5.82. The molecule has 2 N–H and O–H groups in total. The minimum atomic E-state index is -0.526. The molecule has 1 aromatic heterocycles. The van der Waals surface area contributed by atoms with Crippen LogP contribution in [0.15, 0.2) is 12.7 Å². The summed E-state index contributed by atoms with van der Waals surface area (Å²) in [5.74, 6) is -0.252. The van der Waals surface area contributed by atoms with Gasteiger partial charge in [-0.15, -0.1) is 0 Å². The van der Waals surface area contributed by atoms with Crippen molar-refractivity contribution in [2.75, 3.05) is 0 Å². The van der Waals surface area contributed by atoms with Crippen molar-refractivity contribution < 1.29 is 4.79 Å². The Morgan fingerprint density at radius 1 is 1.80 bits per heavy atom. The van der Waals surface area contributed by atoms with E-state index < -0.39 is 6.04 Å². The monoisotopic (exact) mass is 140 g/mol. The van der Waals surface area contributed by atoms with Gasteiger partial charge in [0.1, 0.15) is 12.7 Å². The maximum Gasteiger partial charge on any atom is 0.264 e. The minimum Gasteiger partial charge on any atom is -0.320 e. The lowest BCUT2D eigenvalue weighted by molar-refractivity contribution is 0.0870. The van der Waals surface area contributed by atoms with Crippen LogP contribution in [0.4, 0.5) is 0 Å². The van der Waals surface area contributed by atoms with Gasteiger partial charge in [0.05, 0.1) is 6.04 Å². The fraction of sp³-hybridized carbons (Fsp3) is 0.400. The third kappa shape index (κ3) is 1.19. The van der Waals surface area contributed by atoms with E-state index in [9.17, 15) is 4.79 Å². The van der Waals surface area contributed by atoms with Crippen LogP contribution in [0.1, 0.15) is 11.7 Å². The Morgan fingerprint density at radius 3 is 2.90 bits per heavy atom. The van der Waals surface area contributed by atoms with Crippen LogP contribution in [-0.4, -0.2) is 26.7 Å². The van der Waals surface area contributed by atoms with Crippen molar-refractivity contribution in [3.05, 3.63) is 12.7 Å². The highest BCUT2D eigenvalue weighted by Gasteiger charge is 2.09. The van der Waals surface area contributed by atoms with E-state index in [4.69, 9.17) is 5.73 Å². The molecular formula is C5H8N4O. The average Bonchev–Trinajstić information content (AvgIpc) is 2.36. The van der Waals surface area contributed by atoms with E-state index in [0.29, 0.717) is 0 Å². The van der Waals surface area contributed by atoms with Crippen molar-refractivity contribution in [1.82, 2.24) is 14.8 Å². The lowest BCUT2D eigenvalue weighted by Gasteiger charge is -2.00. The second-order valence-electron chi connectivity index (χ2n) is 1.97. The van der Waals surface area contributed by atoms with E-state index in [1.54, 1.807) is 6.92 Å². The van der Waals surface area contributed by atoms with Gasteiger partial charge in [-0.3, -0.25) is 4.79 Å². The van der Waals surface area contributed by atoms with E-state index >= 15 is 0 Å². The van der Waals surface area contributed by atoms with Crippen LogP contribution in [0.5, 0.6) is 0 Å². The smallest absolute Gasteiger partial charge is 0.264 e. The van der Waals surface area contributed by atoms with Crippen molar-refractivity contribution in [2.45, 2.75) is 13.0 Å². The van der Waals surface area contributed by atoms with Gasteiger partial charge in [0, 0.05) is 0 Å². The second kappa shape index (κ2) is 2.57. The summed E-state index contributed by atoms with van der Waals surface area (Å²) < 4.78 is 1.12. The zero-order valence-corrected chi connectivity index (χ0v) is 5.56. The maximum atomic E-state index is 10.9. The van der Waals surface area contributed by atoms with E-state index in [1.165, 1.54) is 12.7 Å². The van der Waals surface area contributed by atoms with Crippen LogP contribution in [-0.2, 0) is 0 Å². The lowest BCUT2D eigenvalue weighted by Crippen LogP contribution is -2.31. The van der Waals surface area contributed by atoms with E-state index in [1.807, 2.05) is 0 Å². The van der Waals surface area contributed by atoms with Gasteiger partial charge in [-0.05, 0) is 6.92 Å². The standard InChI is InChI=1S/C5H8N4O/c1-4(6)5(10)9-3-7-2-8-9/h2-4H,6H2,1H3. The molecule has 0 radical (unpaired) electrons. The number of nitrogens with two attached hydrogens (primary N) is 1. The molecule has 0 fully saturated rings. The topological polar surface area (TPSA) is 73.8 Å². The molecular weight excluding hydrogens is 132 g/mol. The first-order chi connectivity index (χ1) is 4.72. The molecule has 0 amide bonds. The fourth-order valence-electron chi connectivity index (χ4n) is 0.531. The fourth-order valence-corrected chi connectivity index (χ4v) is 0.531. The van der Waals surface area contributed by atoms with Gasteiger partial charge in [-0.1, -0.05) is 0 Å². The molecule has 10 heavy (non-hydrogen) atoms. The molecule has 0 aliphatic heterocycles. The van der Waals surface area contributed by atoms with Crippen molar-refractivity contribution in [3.8, 4) is 0 Å². The van der Waals surface area contributed by atoms with Gasteiger partial charge in [0.2, 0.25) is 0 Å². The summed E-state index contributed by atoms with van der Waals surface area (Å²) in [6.07, 6.45) is 2.62. The molecule has 0 aromatic carbocycles. The number of hydrogen-bond acceptors (Lipinski definition) is 4. The number of rotatable bonds is 1. The Balaban J connectivity index is 2.78. The van der Waals surface area contributed by atoms with Crippen LogP contribution >= 0.6 is 0 Å². The number of carbonyl (C=O) groups excluding carboxylic acids is 1. The van der Waals surface area contributed by atoms with Gasteiger partial charge in [-0.2, -0.15) is 9.78 Å². The van der Waals surface area contributed by atoms with Crippen LogP contribution in [0.3, 0.4) is 0 Å². The second-order valence-corrected chi connectivity index (χ2v) is 1.97. The number of aromatic nitrogens is 3. The zero-order valence-electron chi connectivity index (χ0n) is 5.56. The molecule has 54 valence electrons. The summed E-state index contributed by atoms with van der Waals surface area (Å²) >= 11 is 0. The first kappa shape index (κ1) is 6.88. The SMILES string of the molecule is CC(N)C(=O)n1cncn1. The van der Waals surface area contributed by atoms with E-state index in [-0.39, 0.29) is 5.91 Å². The first-order valence-corrected chi connectivity index (χ1v) is 2.86. The molecule has 1 heterocycles. The van der Waals surface area contributed by atoms with Crippen LogP contribution in [0.25, 0.3) is 0 Å². The Morgan fingerprint density at radius 2 is 2.50 bits per heavy atom. The summed E-state index contributed by atoms with van der Waals surface area (Å²) in [7, 11) is 0. The summed E-state index contributed by atoms with van der Waals surface area (Å²) in [6, 6.07) is -0.526. The number of nitrogens with zero attached hydrogens (tertiary/aromatic N) is 3. The normalized spacial score (nSPS) is 13.0. The van der Waals surface area contributed by atoms with Crippen LogP contribution in [0, 0.1) is 0 Å². The van der Waals surface area contributed by atoms with Crippen LogP contribution < -0.4 is 5.73 Å². The largest absolute Gasteiger partial charge is 0.320 e. The Bertz CT molecular complexity index is 216. The molecule has 0 saturated heterocycles. The molecule has 0 bridgehead atoms. The van der Waals surface area contributed by atoms with E-state index in [2.05, 4.69) is 10.1 Å². The van der Waals surface area contributed by atoms with Gasteiger partial charge in [0.15, 0.2) is 0 Å². The lowest BCUT2D eigenvalue weighted by atomic mass is 10.3. The number of carbonyl (C=O) groups is 1. The zero-order chi connectivity index (χ0) is 7.56. The van der Waals surface area contributed by atoms with Gasteiger partial charge in [0.25, 0.3) is 5.91 Å². The summed E-state index contributed by atoms with van der Waals surface area (Å²) in [6.45, 7) is 1.60. The minimum absolute atomic E-state index is 0.252. The predicted molar refractivity (Wildman–Crippen MR) is 34.3 cm³/mol. The third-order valence-corrected chi connectivity index (χ3v) is 1.03. The van der Waals surface area contributed by atoms with Gasteiger partial charge in [-0.25, -0.2) is 4.98 Å². The first-order valence-electron chi connectivity index (χ1n) is 2.86. The van der Waals surface area contributed by atoms with Crippen molar-refractivity contribution >= 4 is 5.91 Å². The Labute approximate surface area is 57.9 Å². The van der Waals surface area contributed by atoms with Crippen molar-refractivity contribution in [2.24, 2.45) is 5.73 Å². The molecule has 0 aliphatic rings. The van der Waals surface area contributed by atoms with Crippen molar-refractivity contribution in [1.29, 1.82) is 0 Å². The molecule has 1 atom stereocenters. The molecule has 1 unspecified atom stereocenters. The van der Waals surface area contributed by atoms with Crippen molar-refractivity contribution in [3.63, 3.8) is 0 Å². The Kier molecular flexibility index (Phi) is 1.77. The number of hydrogen-bond donors (Lipinski definition) is 1. The van der Waals surface area contributed by atoms with Gasteiger partial charge < -0.3 is 5.73 Å². The predicted octanol–water partition coefficient (Wildman–Crippen LogP) is -0.735. The third-order valence-electron chi connectivity index (χ3n) is 1.03. The highest BCUT2D eigenvalue weighted by atomic mass is 16.2. The summed E-state index contributed by atoms with van der Waals surface area (Å²) in [5.41, 5.74) is 5.29. The molecule has 0 spiro atoms. The Hall–Kier alpha value is -1.23. The molecule has 0 saturated carbocycles.